The fourth-order valence-corrected chi connectivity index (χ4v) is 4.49. The van der Waals surface area contributed by atoms with Gasteiger partial charge in [-0.3, -0.25) is 4.90 Å². The molecule has 5 rings (SSSR count). The standard InChI is InChI=1S/C27H23FN4O2S/c1-3-33-22-15-13-21(14-16-22)32-17(2)23(24(29-27(32)35)18-9-11-20(28)12-10-18)26-30-25(31-34-26)19-7-5-4-6-8-19/h4-16,24H,3H2,1-2H3,(H,29,35). The van der Waals surface area contributed by atoms with E-state index in [1.807, 2.05) is 73.3 Å². The summed E-state index contributed by atoms with van der Waals surface area (Å²) in [6.45, 7) is 4.49. The third-order valence-electron chi connectivity index (χ3n) is 5.78. The highest BCUT2D eigenvalue weighted by Crippen LogP contribution is 2.39. The monoisotopic (exact) mass is 486 g/mol. The van der Waals surface area contributed by atoms with Crippen LogP contribution in [0.4, 0.5) is 10.1 Å². The van der Waals surface area contributed by atoms with Gasteiger partial charge in [0.1, 0.15) is 11.6 Å². The molecule has 0 bridgehead atoms. The van der Waals surface area contributed by atoms with Crippen LogP contribution in [0.1, 0.15) is 31.3 Å². The summed E-state index contributed by atoms with van der Waals surface area (Å²) in [6.07, 6.45) is 0. The zero-order valence-electron chi connectivity index (χ0n) is 19.2. The number of nitrogens with zero attached hydrogens (tertiary/aromatic N) is 3. The molecule has 3 aromatic carbocycles. The molecular weight excluding hydrogens is 463 g/mol. The van der Waals surface area contributed by atoms with Crippen molar-refractivity contribution in [2.45, 2.75) is 19.9 Å². The minimum atomic E-state index is -0.397. The molecular formula is C27H23FN4O2S. The number of ether oxygens (including phenoxy) is 1. The van der Waals surface area contributed by atoms with Crippen molar-refractivity contribution in [2.75, 3.05) is 11.5 Å². The van der Waals surface area contributed by atoms with E-state index < -0.39 is 6.04 Å². The molecule has 0 fully saturated rings. The first-order valence-electron chi connectivity index (χ1n) is 11.2. The lowest BCUT2D eigenvalue weighted by molar-refractivity contribution is 0.340. The number of rotatable bonds is 6. The Bertz CT molecular complexity index is 1370. The number of nitrogens with one attached hydrogen (secondary N) is 1. The number of allylic oxidation sites excluding steroid dienone is 1. The van der Waals surface area contributed by atoms with E-state index in [2.05, 4.69) is 10.5 Å². The maximum atomic E-state index is 13.7. The van der Waals surface area contributed by atoms with Crippen LogP contribution in [0.25, 0.3) is 17.0 Å². The van der Waals surface area contributed by atoms with Gasteiger partial charge in [0.05, 0.1) is 18.2 Å². The Morgan fingerprint density at radius 3 is 2.43 bits per heavy atom. The number of hydrogen-bond donors (Lipinski definition) is 1. The average Bonchev–Trinajstić information content (AvgIpc) is 3.36. The van der Waals surface area contributed by atoms with Crippen LogP contribution in [0.2, 0.25) is 0 Å². The largest absolute Gasteiger partial charge is 0.494 e. The minimum absolute atomic E-state index is 0.311. The van der Waals surface area contributed by atoms with Crippen LogP contribution >= 0.6 is 12.2 Å². The second kappa shape index (κ2) is 9.68. The lowest BCUT2D eigenvalue weighted by atomic mass is 9.94. The molecule has 1 aliphatic heterocycles. The van der Waals surface area contributed by atoms with E-state index >= 15 is 0 Å². The third kappa shape index (κ3) is 4.52. The molecule has 4 aromatic rings. The summed E-state index contributed by atoms with van der Waals surface area (Å²) < 4.78 is 25.0. The number of halogens is 1. The van der Waals surface area contributed by atoms with E-state index in [0.717, 1.165) is 33.8 Å². The summed E-state index contributed by atoms with van der Waals surface area (Å²) in [6, 6.07) is 23.2. The van der Waals surface area contributed by atoms with Crippen LogP contribution in [0.15, 0.2) is 89.1 Å². The average molecular weight is 487 g/mol. The van der Waals surface area contributed by atoms with Gasteiger partial charge in [0.2, 0.25) is 5.82 Å². The fourth-order valence-electron chi connectivity index (χ4n) is 4.13. The van der Waals surface area contributed by atoms with Crippen LogP contribution < -0.4 is 15.0 Å². The molecule has 1 N–H and O–H groups in total. The minimum Gasteiger partial charge on any atom is -0.494 e. The van der Waals surface area contributed by atoms with Crippen LogP contribution in [-0.2, 0) is 0 Å². The smallest absolute Gasteiger partial charge is 0.258 e. The van der Waals surface area contributed by atoms with Gasteiger partial charge >= 0.3 is 0 Å². The number of hydrogen-bond acceptors (Lipinski definition) is 5. The molecule has 6 nitrogen and oxygen atoms in total. The van der Waals surface area contributed by atoms with Gasteiger partial charge in [-0.2, -0.15) is 4.98 Å². The Morgan fingerprint density at radius 1 is 1.03 bits per heavy atom. The first-order chi connectivity index (χ1) is 17.0. The predicted molar refractivity (Wildman–Crippen MR) is 137 cm³/mol. The second-order valence-corrected chi connectivity index (χ2v) is 8.37. The van der Waals surface area contributed by atoms with Crippen molar-refractivity contribution in [1.82, 2.24) is 15.5 Å². The lowest BCUT2D eigenvalue weighted by Gasteiger charge is -2.37. The second-order valence-electron chi connectivity index (χ2n) is 7.98. The molecule has 1 atom stereocenters. The van der Waals surface area contributed by atoms with Crippen LogP contribution in [0, 0.1) is 5.82 Å². The Balaban J connectivity index is 1.62. The van der Waals surface area contributed by atoms with Crippen molar-refractivity contribution in [3.05, 3.63) is 102 Å². The number of thiocarbonyl (C=S) groups is 1. The van der Waals surface area contributed by atoms with Gasteiger partial charge < -0.3 is 14.6 Å². The van der Waals surface area contributed by atoms with Gasteiger partial charge in [-0.25, -0.2) is 4.39 Å². The Labute approximate surface area is 208 Å². The number of aromatic nitrogens is 2. The molecule has 0 aliphatic carbocycles. The van der Waals surface area contributed by atoms with E-state index in [4.69, 9.17) is 26.5 Å². The van der Waals surface area contributed by atoms with E-state index in [1.54, 1.807) is 12.1 Å². The molecule has 1 aliphatic rings. The summed E-state index contributed by atoms with van der Waals surface area (Å²) >= 11 is 5.77. The summed E-state index contributed by atoms with van der Waals surface area (Å²) in [7, 11) is 0. The van der Waals surface area contributed by atoms with E-state index in [9.17, 15) is 4.39 Å². The molecule has 0 saturated carbocycles. The molecule has 0 saturated heterocycles. The van der Waals surface area contributed by atoms with Crippen LogP contribution in [0.5, 0.6) is 5.75 Å². The maximum Gasteiger partial charge on any atom is 0.258 e. The summed E-state index contributed by atoms with van der Waals surface area (Å²) in [4.78, 5) is 6.62. The van der Waals surface area contributed by atoms with Gasteiger partial charge in [-0.15, -0.1) is 0 Å². The normalized spacial score (nSPS) is 15.8. The molecule has 0 amide bonds. The molecule has 8 heteroatoms. The first kappa shape index (κ1) is 22.7. The molecule has 176 valence electrons. The SMILES string of the molecule is CCOc1ccc(N2C(=S)NC(c3ccc(F)cc3)C(c3nc(-c4ccccc4)no3)=C2C)cc1. The Hall–Kier alpha value is -4.04. The highest BCUT2D eigenvalue weighted by atomic mass is 32.1. The molecule has 0 radical (unpaired) electrons. The Morgan fingerprint density at radius 2 is 1.74 bits per heavy atom. The highest BCUT2D eigenvalue weighted by Gasteiger charge is 2.34. The predicted octanol–water partition coefficient (Wildman–Crippen LogP) is 6.14. The fraction of sp³-hybridized carbons (Fsp3) is 0.148. The maximum absolute atomic E-state index is 13.7. The van der Waals surface area contributed by atoms with Crippen molar-refractivity contribution >= 4 is 28.6 Å². The van der Waals surface area contributed by atoms with E-state index in [1.165, 1.54) is 12.1 Å². The summed E-state index contributed by atoms with van der Waals surface area (Å²) in [5.74, 6) is 1.32. The zero-order valence-corrected chi connectivity index (χ0v) is 20.1. The van der Waals surface area contributed by atoms with Crippen LogP contribution in [-0.4, -0.2) is 21.9 Å². The molecule has 35 heavy (non-hydrogen) atoms. The summed E-state index contributed by atoms with van der Waals surface area (Å²) in [5.41, 5.74) is 4.13. The quantitative estimate of drug-likeness (QED) is 0.328. The molecule has 0 spiro atoms. The topological polar surface area (TPSA) is 63.4 Å². The highest BCUT2D eigenvalue weighted by molar-refractivity contribution is 7.80. The van der Waals surface area contributed by atoms with Gasteiger partial charge in [0.25, 0.3) is 5.89 Å². The Kier molecular flexibility index (Phi) is 6.29. The summed E-state index contributed by atoms with van der Waals surface area (Å²) in [5, 5.41) is 8.10. The third-order valence-corrected chi connectivity index (χ3v) is 6.08. The van der Waals surface area contributed by atoms with Gasteiger partial charge in [-0.05, 0) is 68.0 Å². The number of benzene rings is 3. The van der Waals surface area contributed by atoms with Crippen LogP contribution in [0.3, 0.4) is 0 Å². The first-order valence-corrected chi connectivity index (χ1v) is 11.6. The zero-order chi connectivity index (χ0) is 24.4. The van der Waals surface area contributed by atoms with E-state index in [0.29, 0.717) is 23.4 Å². The lowest BCUT2D eigenvalue weighted by Crippen LogP contribution is -2.46. The molecule has 1 unspecified atom stereocenters. The molecule has 2 heterocycles. The van der Waals surface area contributed by atoms with Gasteiger partial charge in [0, 0.05) is 16.9 Å². The van der Waals surface area contributed by atoms with Crippen molar-refractivity contribution in [2.24, 2.45) is 0 Å². The van der Waals surface area contributed by atoms with E-state index in [-0.39, 0.29) is 5.82 Å². The van der Waals surface area contributed by atoms with Crippen molar-refractivity contribution in [1.29, 1.82) is 0 Å². The van der Waals surface area contributed by atoms with Gasteiger partial charge in [-0.1, -0.05) is 47.6 Å². The molecule has 1 aromatic heterocycles. The number of anilines is 1. The van der Waals surface area contributed by atoms with Crippen molar-refractivity contribution in [3.8, 4) is 17.1 Å². The van der Waals surface area contributed by atoms with Gasteiger partial charge in [0.15, 0.2) is 5.11 Å². The van der Waals surface area contributed by atoms with Crippen molar-refractivity contribution in [3.63, 3.8) is 0 Å². The van der Waals surface area contributed by atoms with Crippen molar-refractivity contribution < 1.29 is 13.7 Å².